The Balaban J connectivity index is 3.80. The molecule has 0 spiro atoms. The second kappa shape index (κ2) is 9.88. The molecule has 5 heteroatoms. The molecule has 0 aromatic heterocycles. The van der Waals surface area contributed by atoms with E-state index in [1.165, 1.54) is 0 Å². The van der Waals surface area contributed by atoms with Crippen molar-refractivity contribution < 1.29 is 14.3 Å². The van der Waals surface area contributed by atoms with Crippen LogP contribution in [0.25, 0.3) is 0 Å². The highest BCUT2D eigenvalue weighted by Gasteiger charge is 2.16. The van der Waals surface area contributed by atoms with Crippen molar-refractivity contribution in [2.24, 2.45) is 0 Å². The highest BCUT2D eigenvalue weighted by Crippen LogP contribution is 1.99. The standard InChI is InChI=1S/C13H26N2O3/c1-5-15(6-2)10-8-9-11(4)14-12(16)13(17)18-7-3/h11H,5-10H2,1-4H3,(H,14,16). The molecule has 0 saturated heterocycles. The molecule has 5 nitrogen and oxygen atoms in total. The summed E-state index contributed by atoms with van der Waals surface area (Å²) in [6, 6.07) is -0.00234. The van der Waals surface area contributed by atoms with Crippen molar-refractivity contribution in [1.29, 1.82) is 0 Å². The lowest BCUT2D eigenvalue weighted by molar-refractivity contribution is -0.154. The molecular weight excluding hydrogens is 232 g/mol. The number of nitrogens with one attached hydrogen (secondary N) is 1. The van der Waals surface area contributed by atoms with Gasteiger partial charge in [0.2, 0.25) is 0 Å². The zero-order valence-electron chi connectivity index (χ0n) is 12.0. The SMILES string of the molecule is CCOC(=O)C(=O)NC(C)CCCN(CC)CC. The fourth-order valence-electron chi connectivity index (χ4n) is 1.71. The number of rotatable bonds is 8. The van der Waals surface area contributed by atoms with Crippen molar-refractivity contribution in [1.82, 2.24) is 10.2 Å². The van der Waals surface area contributed by atoms with Gasteiger partial charge in [-0.15, -0.1) is 0 Å². The molecule has 0 radical (unpaired) electrons. The maximum atomic E-state index is 11.4. The van der Waals surface area contributed by atoms with Gasteiger partial charge in [-0.25, -0.2) is 4.79 Å². The van der Waals surface area contributed by atoms with Crippen molar-refractivity contribution in [3.63, 3.8) is 0 Å². The van der Waals surface area contributed by atoms with Crippen LogP contribution in [0.15, 0.2) is 0 Å². The van der Waals surface area contributed by atoms with Crippen LogP contribution in [0.5, 0.6) is 0 Å². The minimum Gasteiger partial charge on any atom is -0.459 e. The van der Waals surface area contributed by atoms with E-state index in [2.05, 4.69) is 28.8 Å². The van der Waals surface area contributed by atoms with Gasteiger partial charge in [-0.2, -0.15) is 0 Å². The Hall–Kier alpha value is -1.10. The smallest absolute Gasteiger partial charge is 0.396 e. The van der Waals surface area contributed by atoms with E-state index >= 15 is 0 Å². The first kappa shape index (κ1) is 16.9. The van der Waals surface area contributed by atoms with Gasteiger partial charge in [0.25, 0.3) is 0 Å². The lowest BCUT2D eigenvalue weighted by Crippen LogP contribution is -2.39. The first-order valence-electron chi connectivity index (χ1n) is 6.75. The van der Waals surface area contributed by atoms with E-state index in [0.717, 1.165) is 32.5 Å². The molecule has 1 N–H and O–H groups in total. The molecular formula is C13H26N2O3. The molecule has 0 aromatic rings. The van der Waals surface area contributed by atoms with Gasteiger partial charge in [0.1, 0.15) is 0 Å². The Labute approximate surface area is 110 Å². The second-order valence-electron chi connectivity index (χ2n) is 4.26. The topological polar surface area (TPSA) is 58.6 Å². The molecule has 0 aromatic carbocycles. The molecule has 0 saturated carbocycles. The van der Waals surface area contributed by atoms with E-state index in [1.807, 2.05) is 6.92 Å². The number of ether oxygens (including phenoxy) is 1. The minimum absolute atomic E-state index is 0.00234. The van der Waals surface area contributed by atoms with Gasteiger partial charge >= 0.3 is 11.9 Å². The predicted octanol–water partition coefficient (Wildman–Crippen LogP) is 1.18. The molecule has 1 atom stereocenters. The molecule has 0 bridgehead atoms. The van der Waals surface area contributed by atoms with E-state index < -0.39 is 11.9 Å². The molecule has 0 rings (SSSR count). The van der Waals surface area contributed by atoms with Crippen LogP contribution in [0.3, 0.4) is 0 Å². The third-order valence-corrected chi connectivity index (χ3v) is 2.84. The first-order valence-corrected chi connectivity index (χ1v) is 6.75. The van der Waals surface area contributed by atoms with Crippen LogP contribution < -0.4 is 5.32 Å². The zero-order chi connectivity index (χ0) is 14.0. The summed E-state index contributed by atoms with van der Waals surface area (Å²) in [4.78, 5) is 24.8. The summed E-state index contributed by atoms with van der Waals surface area (Å²) in [7, 11) is 0. The maximum absolute atomic E-state index is 11.4. The Morgan fingerprint density at radius 3 is 2.33 bits per heavy atom. The maximum Gasteiger partial charge on any atom is 0.396 e. The van der Waals surface area contributed by atoms with Crippen LogP contribution in [-0.2, 0) is 14.3 Å². The lowest BCUT2D eigenvalue weighted by atomic mass is 10.1. The average Bonchev–Trinajstić information content (AvgIpc) is 2.34. The molecule has 0 aliphatic heterocycles. The summed E-state index contributed by atoms with van der Waals surface area (Å²) in [5.41, 5.74) is 0. The minimum atomic E-state index is -0.798. The normalized spacial score (nSPS) is 12.3. The molecule has 0 aliphatic carbocycles. The number of hydrogen-bond donors (Lipinski definition) is 1. The number of nitrogens with zero attached hydrogens (tertiary/aromatic N) is 1. The average molecular weight is 258 g/mol. The predicted molar refractivity (Wildman–Crippen MR) is 71.3 cm³/mol. The summed E-state index contributed by atoms with van der Waals surface area (Å²) in [5.74, 6) is -1.44. The van der Waals surface area contributed by atoms with Crippen LogP contribution in [0.4, 0.5) is 0 Å². The van der Waals surface area contributed by atoms with Crippen LogP contribution in [-0.4, -0.2) is 49.1 Å². The Morgan fingerprint density at radius 1 is 1.22 bits per heavy atom. The Kier molecular flexibility index (Phi) is 9.28. The highest BCUT2D eigenvalue weighted by atomic mass is 16.5. The third kappa shape index (κ3) is 7.27. The van der Waals surface area contributed by atoms with Crippen molar-refractivity contribution in [2.75, 3.05) is 26.2 Å². The third-order valence-electron chi connectivity index (χ3n) is 2.84. The van der Waals surface area contributed by atoms with Gasteiger partial charge < -0.3 is 15.0 Å². The highest BCUT2D eigenvalue weighted by molar-refractivity contribution is 6.32. The van der Waals surface area contributed by atoms with Gasteiger partial charge in [0, 0.05) is 6.04 Å². The van der Waals surface area contributed by atoms with Gasteiger partial charge in [-0.1, -0.05) is 13.8 Å². The van der Waals surface area contributed by atoms with Crippen molar-refractivity contribution >= 4 is 11.9 Å². The van der Waals surface area contributed by atoms with Gasteiger partial charge in [-0.3, -0.25) is 4.79 Å². The molecule has 1 unspecified atom stereocenters. The monoisotopic (exact) mass is 258 g/mol. The summed E-state index contributed by atoms with van der Waals surface area (Å²) in [6.07, 6.45) is 1.87. The van der Waals surface area contributed by atoms with E-state index in [9.17, 15) is 9.59 Å². The fraction of sp³-hybridized carbons (Fsp3) is 0.846. The molecule has 18 heavy (non-hydrogen) atoms. The fourth-order valence-corrected chi connectivity index (χ4v) is 1.71. The van der Waals surface area contributed by atoms with E-state index in [0.29, 0.717) is 0 Å². The Morgan fingerprint density at radius 2 is 1.83 bits per heavy atom. The van der Waals surface area contributed by atoms with Crippen LogP contribution in [0.2, 0.25) is 0 Å². The van der Waals surface area contributed by atoms with Crippen molar-refractivity contribution in [2.45, 2.75) is 46.6 Å². The first-order chi connectivity index (χ1) is 8.54. The van der Waals surface area contributed by atoms with Gasteiger partial charge in [0.15, 0.2) is 0 Å². The number of carbonyl (C=O) groups excluding carboxylic acids is 2. The summed E-state index contributed by atoms with van der Waals surface area (Å²) >= 11 is 0. The molecule has 0 heterocycles. The van der Waals surface area contributed by atoms with E-state index in [4.69, 9.17) is 0 Å². The van der Waals surface area contributed by atoms with Crippen LogP contribution >= 0.6 is 0 Å². The van der Waals surface area contributed by atoms with Crippen molar-refractivity contribution in [3.8, 4) is 0 Å². The summed E-state index contributed by atoms with van der Waals surface area (Å²) in [6.45, 7) is 11.2. The number of esters is 1. The lowest BCUT2D eigenvalue weighted by Gasteiger charge is -2.19. The summed E-state index contributed by atoms with van der Waals surface area (Å²) in [5, 5.41) is 2.64. The molecule has 106 valence electrons. The molecule has 0 aliphatic rings. The number of carbonyl (C=O) groups is 2. The largest absolute Gasteiger partial charge is 0.459 e. The number of amides is 1. The van der Waals surface area contributed by atoms with Crippen LogP contribution in [0.1, 0.15) is 40.5 Å². The molecule has 1 amide bonds. The van der Waals surface area contributed by atoms with Gasteiger partial charge in [0.05, 0.1) is 6.61 Å². The Bertz CT molecular complexity index is 253. The van der Waals surface area contributed by atoms with Gasteiger partial charge in [-0.05, 0) is 46.3 Å². The second-order valence-corrected chi connectivity index (χ2v) is 4.26. The quantitative estimate of drug-likeness (QED) is 0.524. The van der Waals surface area contributed by atoms with E-state index in [-0.39, 0.29) is 12.6 Å². The summed E-state index contributed by atoms with van der Waals surface area (Å²) < 4.78 is 4.62. The zero-order valence-corrected chi connectivity index (χ0v) is 12.0. The number of hydrogen-bond acceptors (Lipinski definition) is 4. The van der Waals surface area contributed by atoms with E-state index in [1.54, 1.807) is 6.92 Å². The van der Waals surface area contributed by atoms with Crippen molar-refractivity contribution in [3.05, 3.63) is 0 Å². The van der Waals surface area contributed by atoms with Crippen LogP contribution in [0, 0.1) is 0 Å². The molecule has 0 fully saturated rings.